The fraction of sp³-hybridized carbons (Fsp3) is 0.444. The second-order valence-corrected chi connectivity index (χ2v) is 9.77. The van der Waals surface area contributed by atoms with E-state index in [9.17, 15) is 23.6 Å². The third-order valence-electron chi connectivity index (χ3n) is 7.55. The lowest BCUT2D eigenvalue weighted by atomic mass is 9.97. The Kier molecular flexibility index (Phi) is 7.24. The average Bonchev–Trinajstić information content (AvgIpc) is 3.32. The van der Waals surface area contributed by atoms with E-state index in [1.807, 2.05) is 24.3 Å². The molecule has 3 amide bonds. The lowest BCUT2D eigenvalue weighted by molar-refractivity contribution is 0.116. The lowest BCUT2D eigenvalue weighted by Gasteiger charge is -2.43. The van der Waals surface area contributed by atoms with Gasteiger partial charge in [0.05, 0.1) is 11.3 Å². The Morgan fingerprint density at radius 1 is 1.05 bits per heavy atom. The summed E-state index contributed by atoms with van der Waals surface area (Å²) >= 11 is 0. The minimum atomic E-state index is -1.04. The van der Waals surface area contributed by atoms with Crippen LogP contribution in [0.3, 0.4) is 0 Å². The van der Waals surface area contributed by atoms with E-state index in [1.165, 1.54) is 6.07 Å². The number of anilines is 1. The monoisotopic (exact) mass is 509 g/mol. The number of nitrogens with one attached hydrogen (secondary N) is 1. The summed E-state index contributed by atoms with van der Waals surface area (Å²) in [4.78, 5) is 31.1. The Morgan fingerprint density at radius 2 is 1.84 bits per heavy atom. The van der Waals surface area contributed by atoms with Gasteiger partial charge in [0.25, 0.3) is 0 Å². The van der Waals surface area contributed by atoms with Crippen LogP contribution in [0.15, 0.2) is 42.5 Å². The van der Waals surface area contributed by atoms with Crippen molar-refractivity contribution in [1.29, 1.82) is 5.26 Å². The minimum Gasteiger partial charge on any atom is -0.446 e. The van der Waals surface area contributed by atoms with Crippen LogP contribution in [0.5, 0.6) is 0 Å². The molecule has 0 bridgehead atoms. The summed E-state index contributed by atoms with van der Waals surface area (Å²) in [5.74, 6) is -2.03. The molecule has 2 aromatic rings. The van der Waals surface area contributed by atoms with Crippen molar-refractivity contribution in [2.75, 3.05) is 37.7 Å². The highest BCUT2D eigenvalue weighted by atomic mass is 19.2. The van der Waals surface area contributed by atoms with Crippen LogP contribution in [0.4, 0.5) is 24.1 Å². The Hall–Kier alpha value is -3.71. The normalized spacial score (nSPS) is 23.0. The predicted molar refractivity (Wildman–Crippen MR) is 132 cm³/mol. The number of likely N-dealkylation sites (tertiary alicyclic amines) is 1. The summed E-state index contributed by atoms with van der Waals surface area (Å²) in [7, 11) is 0. The Bertz CT molecular complexity index is 1210. The summed E-state index contributed by atoms with van der Waals surface area (Å²) in [5, 5.41) is 12.4. The van der Waals surface area contributed by atoms with Crippen LogP contribution in [-0.4, -0.2) is 66.8 Å². The van der Waals surface area contributed by atoms with Crippen molar-refractivity contribution < 1.29 is 23.1 Å². The number of carbonyl (C=O) groups is 2. The van der Waals surface area contributed by atoms with Gasteiger partial charge in [-0.15, -0.1) is 0 Å². The number of rotatable bonds is 4. The molecule has 8 nitrogen and oxygen atoms in total. The summed E-state index contributed by atoms with van der Waals surface area (Å²) in [6, 6.07) is 12.1. The molecule has 10 heteroatoms. The maximum atomic E-state index is 13.8. The van der Waals surface area contributed by atoms with Gasteiger partial charge >= 0.3 is 12.1 Å². The zero-order valence-corrected chi connectivity index (χ0v) is 20.4. The number of nitriles is 1. The minimum absolute atomic E-state index is 0.110. The highest BCUT2D eigenvalue weighted by Gasteiger charge is 2.40. The first-order valence-electron chi connectivity index (χ1n) is 12.6. The first-order valence-corrected chi connectivity index (χ1v) is 12.6. The molecule has 0 saturated carbocycles. The number of carbonyl (C=O) groups excluding carboxylic acids is 2. The van der Waals surface area contributed by atoms with Gasteiger partial charge in [0.1, 0.15) is 18.7 Å². The molecule has 0 spiro atoms. The van der Waals surface area contributed by atoms with Gasteiger partial charge in [-0.2, -0.15) is 5.26 Å². The van der Waals surface area contributed by atoms with Gasteiger partial charge in [0.15, 0.2) is 11.6 Å². The summed E-state index contributed by atoms with van der Waals surface area (Å²) < 4.78 is 32.2. The SMILES string of the molecule is N#Cc1ccccc1N1CCC(N2CCCC(NC(=O)N3C(=O)OC[C@@H]3c3ccc(F)c(F)c3)C2)CC1. The maximum Gasteiger partial charge on any atom is 0.418 e. The van der Waals surface area contributed by atoms with E-state index in [4.69, 9.17) is 4.74 Å². The number of piperidine rings is 2. The van der Waals surface area contributed by atoms with Crippen molar-refractivity contribution in [3.05, 3.63) is 65.2 Å². The Labute approximate surface area is 214 Å². The Morgan fingerprint density at radius 3 is 2.59 bits per heavy atom. The maximum absolute atomic E-state index is 13.8. The van der Waals surface area contributed by atoms with Gasteiger partial charge in [0, 0.05) is 31.7 Å². The van der Waals surface area contributed by atoms with Crippen LogP contribution < -0.4 is 10.2 Å². The number of para-hydroxylation sites is 1. The zero-order chi connectivity index (χ0) is 25.9. The van der Waals surface area contributed by atoms with Gasteiger partial charge in [0.2, 0.25) is 0 Å². The molecule has 1 unspecified atom stereocenters. The molecule has 2 aromatic carbocycles. The number of urea groups is 1. The number of nitrogens with zero attached hydrogens (tertiary/aromatic N) is 4. The second kappa shape index (κ2) is 10.7. The number of hydrogen-bond acceptors (Lipinski definition) is 6. The molecule has 2 atom stereocenters. The number of amides is 3. The van der Waals surface area contributed by atoms with Crippen molar-refractivity contribution in [3.63, 3.8) is 0 Å². The van der Waals surface area contributed by atoms with Crippen LogP contribution in [0.1, 0.15) is 42.9 Å². The number of cyclic esters (lactones) is 1. The number of halogens is 2. The van der Waals surface area contributed by atoms with Crippen molar-refractivity contribution in [2.24, 2.45) is 0 Å². The molecule has 3 aliphatic rings. The average molecular weight is 510 g/mol. The van der Waals surface area contributed by atoms with Crippen molar-refractivity contribution in [3.8, 4) is 6.07 Å². The van der Waals surface area contributed by atoms with Crippen LogP contribution in [0.25, 0.3) is 0 Å². The van der Waals surface area contributed by atoms with Crippen molar-refractivity contribution in [1.82, 2.24) is 15.1 Å². The Balaban J connectivity index is 1.19. The smallest absolute Gasteiger partial charge is 0.418 e. The third kappa shape index (κ3) is 5.23. The summed E-state index contributed by atoms with van der Waals surface area (Å²) in [6.45, 7) is 3.21. The van der Waals surface area contributed by atoms with E-state index in [-0.39, 0.29) is 12.6 Å². The lowest BCUT2D eigenvalue weighted by Crippen LogP contribution is -2.55. The standard InChI is InChI=1S/C27H29F2N5O3/c28-22-8-7-18(14-23(22)29)25-17-37-27(36)34(25)26(35)31-20-5-3-11-33(16-20)21-9-12-32(13-10-21)24-6-2-1-4-19(24)15-30/h1-2,4,6-8,14,20-21,25H,3,5,9-13,16-17H2,(H,31,35)/t20?,25-/m1/s1. The summed E-state index contributed by atoms with van der Waals surface area (Å²) in [5.41, 5.74) is 1.96. The van der Waals surface area contributed by atoms with Gasteiger partial charge in [-0.05, 0) is 62.1 Å². The fourth-order valence-electron chi connectivity index (χ4n) is 5.63. The molecule has 3 heterocycles. The molecule has 1 N–H and O–H groups in total. The number of ether oxygens (including phenoxy) is 1. The zero-order valence-electron chi connectivity index (χ0n) is 20.4. The molecule has 0 aromatic heterocycles. The highest BCUT2D eigenvalue weighted by Crippen LogP contribution is 2.30. The van der Waals surface area contributed by atoms with Gasteiger partial charge in [-0.25, -0.2) is 23.3 Å². The highest BCUT2D eigenvalue weighted by molar-refractivity contribution is 5.92. The number of imide groups is 1. The number of benzene rings is 2. The van der Waals surface area contributed by atoms with Crippen LogP contribution in [-0.2, 0) is 4.74 Å². The first kappa shape index (κ1) is 25.0. The van der Waals surface area contributed by atoms with Crippen LogP contribution in [0, 0.1) is 23.0 Å². The van der Waals surface area contributed by atoms with E-state index < -0.39 is 29.8 Å². The van der Waals surface area contributed by atoms with Crippen molar-refractivity contribution >= 4 is 17.8 Å². The predicted octanol–water partition coefficient (Wildman–Crippen LogP) is 4.17. The molecule has 3 fully saturated rings. The van der Waals surface area contributed by atoms with E-state index in [0.717, 1.165) is 68.0 Å². The molecule has 0 radical (unpaired) electrons. The van der Waals surface area contributed by atoms with Crippen molar-refractivity contribution in [2.45, 2.75) is 43.8 Å². The van der Waals surface area contributed by atoms with E-state index in [0.29, 0.717) is 23.7 Å². The van der Waals surface area contributed by atoms with E-state index in [2.05, 4.69) is 21.2 Å². The molecular formula is C27H29F2N5O3. The molecule has 3 aliphatic heterocycles. The van der Waals surface area contributed by atoms with Gasteiger partial charge in [-0.1, -0.05) is 18.2 Å². The quantitative estimate of drug-likeness (QED) is 0.666. The summed E-state index contributed by atoms with van der Waals surface area (Å²) in [6.07, 6.45) is 2.81. The second-order valence-electron chi connectivity index (χ2n) is 9.77. The van der Waals surface area contributed by atoms with Gasteiger partial charge < -0.3 is 15.0 Å². The topological polar surface area (TPSA) is 88.9 Å². The van der Waals surface area contributed by atoms with E-state index >= 15 is 0 Å². The molecule has 37 heavy (non-hydrogen) atoms. The van der Waals surface area contributed by atoms with E-state index in [1.54, 1.807) is 0 Å². The fourth-order valence-corrected chi connectivity index (χ4v) is 5.63. The molecular weight excluding hydrogens is 480 g/mol. The largest absolute Gasteiger partial charge is 0.446 e. The third-order valence-corrected chi connectivity index (χ3v) is 7.55. The van der Waals surface area contributed by atoms with Crippen LogP contribution >= 0.6 is 0 Å². The first-order chi connectivity index (χ1) is 17.9. The molecule has 3 saturated heterocycles. The van der Waals surface area contributed by atoms with Gasteiger partial charge in [-0.3, -0.25) is 4.90 Å². The number of hydrogen-bond donors (Lipinski definition) is 1. The molecule has 194 valence electrons. The molecule has 5 rings (SSSR count). The van der Waals surface area contributed by atoms with Crippen LogP contribution in [0.2, 0.25) is 0 Å². The molecule has 0 aliphatic carbocycles.